The number of hydrogen-bond donors (Lipinski definition) is 0. The molecule has 0 radical (unpaired) electrons. The molecule has 1 atom stereocenters. The lowest BCUT2D eigenvalue weighted by Crippen LogP contribution is -2.29. The molecule has 1 amide bonds. The van der Waals surface area contributed by atoms with E-state index >= 15 is 0 Å². The van der Waals surface area contributed by atoms with Crippen molar-refractivity contribution in [2.75, 3.05) is 18.1 Å². The fourth-order valence-corrected chi connectivity index (χ4v) is 5.20. The van der Waals surface area contributed by atoms with Gasteiger partial charge in [-0.15, -0.1) is 0 Å². The number of carbonyl (C=O) groups excluding carboxylic acids is 1. The van der Waals surface area contributed by atoms with Gasteiger partial charge < -0.3 is 13.9 Å². The van der Waals surface area contributed by atoms with Gasteiger partial charge in [-0.1, -0.05) is 38.0 Å². The Morgan fingerprint density at radius 2 is 1.67 bits per heavy atom. The average Bonchev–Trinajstić information content (AvgIpc) is 3.21. The maximum Gasteiger partial charge on any atom is 0.295 e. The first kappa shape index (κ1) is 26.5. The third-order valence-electron chi connectivity index (χ3n) is 7.36. The van der Waals surface area contributed by atoms with Crippen LogP contribution < -0.4 is 19.8 Å². The molecule has 1 aliphatic heterocycles. The van der Waals surface area contributed by atoms with Gasteiger partial charge in [0.05, 0.1) is 30.2 Å². The molecule has 0 spiro atoms. The molecule has 4 aromatic rings. The third-order valence-corrected chi connectivity index (χ3v) is 7.36. The molecular formula is C33H35NO5. The van der Waals surface area contributed by atoms with Crippen LogP contribution >= 0.6 is 0 Å². The minimum absolute atomic E-state index is 0.0834. The van der Waals surface area contributed by atoms with Crippen molar-refractivity contribution in [3.63, 3.8) is 0 Å². The molecule has 202 valence electrons. The molecular weight excluding hydrogens is 490 g/mol. The number of amides is 1. The molecule has 1 aliphatic rings. The summed E-state index contributed by atoms with van der Waals surface area (Å²) in [4.78, 5) is 29.7. The van der Waals surface area contributed by atoms with Crippen molar-refractivity contribution >= 4 is 22.6 Å². The Morgan fingerprint density at radius 1 is 0.872 bits per heavy atom. The van der Waals surface area contributed by atoms with Gasteiger partial charge in [0, 0.05) is 5.69 Å². The van der Waals surface area contributed by atoms with Gasteiger partial charge in [-0.2, -0.15) is 0 Å². The van der Waals surface area contributed by atoms with Crippen LogP contribution in [0.3, 0.4) is 0 Å². The van der Waals surface area contributed by atoms with E-state index in [1.54, 1.807) is 4.90 Å². The Bertz CT molecular complexity index is 1600. The summed E-state index contributed by atoms with van der Waals surface area (Å²) in [5.74, 6) is 0.990. The molecule has 0 N–H and O–H groups in total. The van der Waals surface area contributed by atoms with Crippen LogP contribution in [0.25, 0.3) is 11.0 Å². The summed E-state index contributed by atoms with van der Waals surface area (Å²) in [6.45, 7) is 11.1. The molecule has 0 bridgehead atoms. The molecule has 0 aliphatic carbocycles. The number of hydrogen-bond acceptors (Lipinski definition) is 5. The van der Waals surface area contributed by atoms with E-state index < -0.39 is 6.04 Å². The van der Waals surface area contributed by atoms with Crippen LogP contribution in [0.4, 0.5) is 5.69 Å². The zero-order valence-corrected chi connectivity index (χ0v) is 23.3. The number of unbranched alkanes of at least 4 members (excludes halogenated alkanes) is 2. The van der Waals surface area contributed by atoms with Crippen LogP contribution in [0.15, 0.2) is 63.8 Å². The Morgan fingerprint density at radius 3 is 2.41 bits per heavy atom. The lowest BCUT2D eigenvalue weighted by atomic mass is 9.96. The highest BCUT2D eigenvalue weighted by Crippen LogP contribution is 2.43. The number of ether oxygens (including phenoxy) is 2. The summed E-state index contributed by atoms with van der Waals surface area (Å²) < 4.78 is 18.2. The number of benzene rings is 3. The van der Waals surface area contributed by atoms with Gasteiger partial charge in [-0.25, -0.2) is 0 Å². The molecule has 1 unspecified atom stereocenters. The van der Waals surface area contributed by atoms with Crippen LogP contribution in [0.5, 0.6) is 11.5 Å². The lowest BCUT2D eigenvalue weighted by molar-refractivity contribution is 0.0971. The van der Waals surface area contributed by atoms with E-state index in [9.17, 15) is 9.59 Å². The van der Waals surface area contributed by atoms with Crippen LogP contribution in [0, 0.1) is 20.8 Å². The molecule has 0 saturated carbocycles. The molecule has 6 heteroatoms. The number of rotatable bonds is 9. The second kappa shape index (κ2) is 11.0. The maximum absolute atomic E-state index is 14.0. The number of aryl methyl sites for hydroxylation is 3. The maximum atomic E-state index is 14.0. The summed E-state index contributed by atoms with van der Waals surface area (Å²) in [5, 5.41) is 0.474. The van der Waals surface area contributed by atoms with Crippen LogP contribution in [0.1, 0.15) is 77.5 Å². The smallest absolute Gasteiger partial charge is 0.295 e. The van der Waals surface area contributed by atoms with Gasteiger partial charge >= 0.3 is 0 Å². The fraction of sp³-hybridized carbons (Fsp3) is 0.333. The van der Waals surface area contributed by atoms with Crippen molar-refractivity contribution in [1.82, 2.24) is 0 Å². The van der Waals surface area contributed by atoms with Crippen LogP contribution in [-0.4, -0.2) is 19.1 Å². The van der Waals surface area contributed by atoms with Crippen molar-refractivity contribution in [1.29, 1.82) is 0 Å². The predicted molar refractivity (Wildman–Crippen MR) is 154 cm³/mol. The quantitative estimate of drug-likeness (QED) is 0.213. The fourth-order valence-electron chi connectivity index (χ4n) is 5.20. The first-order valence-electron chi connectivity index (χ1n) is 13.7. The number of carbonyl (C=O) groups is 1. The molecule has 5 rings (SSSR count). The highest BCUT2D eigenvalue weighted by Gasteiger charge is 2.44. The SMILES string of the molecule is CCCCCOc1ccc(C2c3c(oc4cc(C)c(C)cc4c3=O)C(=O)N2c2cccc(C)c2)cc1OCC. The largest absolute Gasteiger partial charge is 0.490 e. The first-order chi connectivity index (χ1) is 18.8. The van der Waals surface area contributed by atoms with E-state index in [1.807, 2.05) is 82.3 Å². The topological polar surface area (TPSA) is 69.0 Å². The predicted octanol–water partition coefficient (Wildman–Crippen LogP) is 7.44. The van der Waals surface area contributed by atoms with E-state index in [1.165, 1.54) is 0 Å². The van der Waals surface area contributed by atoms with Gasteiger partial charge in [0.25, 0.3) is 5.91 Å². The second-order valence-electron chi connectivity index (χ2n) is 10.2. The summed E-state index contributed by atoms with van der Waals surface area (Å²) in [6, 6.07) is 16.4. The molecule has 0 saturated heterocycles. The summed E-state index contributed by atoms with van der Waals surface area (Å²) >= 11 is 0. The zero-order chi connectivity index (χ0) is 27.7. The number of nitrogens with zero attached hydrogens (tertiary/aromatic N) is 1. The third kappa shape index (κ3) is 4.91. The van der Waals surface area contributed by atoms with E-state index in [2.05, 4.69) is 6.92 Å². The normalized spacial score (nSPS) is 14.6. The average molecular weight is 526 g/mol. The van der Waals surface area contributed by atoms with Gasteiger partial charge in [0.2, 0.25) is 5.76 Å². The summed E-state index contributed by atoms with van der Waals surface area (Å²) in [5.41, 5.74) is 5.03. The molecule has 0 fully saturated rings. The molecule has 3 aromatic carbocycles. The van der Waals surface area contributed by atoms with E-state index in [0.29, 0.717) is 46.9 Å². The van der Waals surface area contributed by atoms with Gasteiger partial charge in [-0.05, 0) is 92.8 Å². The van der Waals surface area contributed by atoms with E-state index in [0.717, 1.165) is 41.5 Å². The number of fused-ring (bicyclic) bond motifs is 2. The summed E-state index contributed by atoms with van der Waals surface area (Å²) in [6.07, 6.45) is 3.17. The molecule has 6 nitrogen and oxygen atoms in total. The molecule has 2 heterocycles. The minimum atomic E-state index is -0.676. The highest BCUT2D eigenvalue weighted by atomic mass is 16.5. The Hall–Kier alpha value is -4.06. The monoisotopic (exact) mass is 525 g/mol. The van der Waals surface area contributed by atoms with Crippen molar-refractivity contribution in [2.24, 2.45) is 0 Å². The molecule has 1 aromatic heterocycles. The van der Waals surface area contributed by atoms with Gasteiger partial charge in [0.15, 0.2) is 16.9 Å². The minimum Gasteiger partial charge on any atom is -0.490 e. The van der Waals surface area contributed by atoms with Gasteiger partial charge in [-0.3, -0.25) is 14.5 Å². The van der Waals surface area contributed by atoms with E-state index in [4.69, 9.17) is 13.9 Å². The van der Waals surface area contributed by atoms with Crippen molar-refractivity contribution in [3.05, 3.63) is 98.4 Å². The van der Waals surface area contributed by atoms with Gasteiger partial charge in [0.1, 0.15) is 5.58 Å². The van der Waals surface area contributed by atoms with Crippen LogP contribution in [-0.2, 0) is 0 Å². The number of anilines is 1. The Kier molecular flexibility index (Phi) is 7.47. The Balaban J connectivity index is 1.70. The van der Waals surface area contributed by atoms with Crippen molar-refractivity contribution < 1.29 is 18.7 Å². The van der Waals surface area contributed by atoms with E-state index in [-0.39, 0.29) is 17.1 Å². The first-order valence-corrected chi connectivity index (χ1v) is 13.7. The molecule has 39 heavy (non-hydrogen) atoms. The van der Waals surface area contributed by atoms with Crippen molar-refractivity contribution in [3.8, 4) is 11.5 Å². The second-order valence-corrected chi connectivity index (χ2v) is 10.2. The summed E-state index contributed by atoms with van der Waals surface area (Å²) in [7, 11) is 0. The van der Waals surface area contributed by atoms with Crippen LogP contribution in [0.2, 0.25) is 0 Å². The zero-order valence-electron chi connectivity index (χ0n) is 23.3. The standard InChI is InChI=1S/C33H35NO5/c1-6-8-9-15-38-26-14-13-23(19-28(26)37-7-2)30-29-31(35)25-17-21(4)22(5)18-27(25)39-32(29)33(36)34(30)24-12-10-11-20(3)16-24/h10-14,16-19,30H,6-9,15H2,1-5H3. The van der Waals surface area contributed by atoms with Crippen molar-refractivity contribution in [2.45, 2.75) is 59.9 Å². The lowest BCUT2D eigenvalue weighted by Gasteiger charge is -2.26. The Labute approximate surface area is 229 Å². The highest BCUT2D eigenvalue weighted by molar-refractivity contribution is 6.10.